The first-order valence-corrected chi connectivity index (χ1v) is 6.94. The number of likely N-dealkylation sites (tertiary alicyclic amines) is 1. The van der Waals surface area contributed by atoms with Gasteiger partial charge in [-0.05, 0) is 37.6 Å². The Balaban J connectivity index is 1.83. The largest absolute Gasteiger partial charge is 0.491 e. The molecule has 3 N–H and O–H groups in total. The van der Waals surface area contributed by atoms with Crippen molar-refractivity contribution in [2.24, 2.45) is 5.73 Å². The van der Waals surface area contributed by atoms with E-state index in [-0.39, 0.29) is 18.6 Å². The fourth-order valence-corrected chi connectivity index (χ4v) is 2.54. The molecule has 1 aliphatic rings. The van der Waals surface area contributed by atoms with Crippen molar-refractivity contribution in [2.75, 3.05) is 19.7 Å². The maximum absolute atomic E-state index is 11.3. The standard InChI is InChI=1S/C15H19N3O3/c16-8-11-3-1-4-13(7-11)21-10-12(19)9-18-6-2-5-14(18)15(17)20/h1,3-4,7,12,14,19H,2,5-6,9-10H2,(H2,17,20). The maximum atomic E-state index is 11.3. The highest BCUT2D eigenvalue weighted by molar-refractivity contribution is 5.80. The Kier molecular flexibility index (Phi) is 5.14. The van der Waals surface area contributed by atoms with Gasteiger partial charge in [0.2, 0.25) is 5.91 Å². The molecule has 2 atom stereocenters. The molecule has 0 aliphatic carbocycles. The molecular weight excluding hydrogens is 270 g/mol. The second kappa shape index (κ2) is 7.07. The predicted molar refractivity (Wildman–Crippen MR) is 76.4 cm³/mol. The number of rotatable bonds is 6. The van der Waals surface area contributed by atoms with Crippen molar-refractivity contribution in [3.8, 4) is 11.8 Å². The predicted octanol–water partition coefficient (Wildman–Crippen LogP) is 0.248. The number of ether oxygens (including phenoxy) is 1. The summed E-state index contributed by atoms with van der Waals surface area (Å²) in [6.45, 7) is 1.22. The van der Waals surface area contributed by atoms with Crippen LogP contribution in [0, 0.1) is 11.3 Å². The van der Waals surface area contributed by atoms with Gasteiger partial charge in [0.25, 0.3) is 0 Å². The summed E-state index contributed by atoms with van der Waals surface area (Å²) >= 11 is 0. The Morgan fingerprint density at radius 3 is 3.14 bits per heavy atom. The monoisotopic (exact) mass is 289 g/mol. The van der Waals surface area contributed by atoms with E-state index in [2.05, 4.69) is 0 Å². The first-order valence-electron chi connectivity index (χ1n) is 6.94. The van der Waals surface area contributed by atoms with Gasteiger partial charge >= 0.3 is 0 Å². The number of nitriles is 1. The highest BCUT2D eigenvalue weighted by atomic mass is 16.5. The van der Waals surface area contributed by atoms with Crippen LogP contribution in [0.1, 0.15) is 18.4 Å². The molecular formula is C15H19N3O3. The van der Waals surface area contributed by atoms with Gasteiger partial charge in [0.15, 0.2) is 0 Å². The molecule has 1 amide bonds. The Morgan fingerprint density at radius 2 is 2.43 bits per heavy atom. The first kappa shape index (κ1) is 15.3. The van der Waals surface area contributed by atoms with Gasteiger partial charge in [-0.15, -0.1) is 0 Å². The Labute approximate surface area is 123 Å². The summed E-state index contributed by atoms with van der Waals surface area (Å²) in [6, 6.07) is 8.50. The van der Waals surface area contributed by atoms with Crippen molar-refractivity contribution in [1.82, 2.24) is 4.90 Å². The SMILES string of the molecule is N#Cc1cccc(OCC(O)CN2CCCC2C(N)=O)c1. The van der Waals surface area contributed by atoms with Gasteiger partial charge in [-0.1, -0.05) is 6.07 Å². The molecule has 21 heavy (non-hydrogen) atoms. The fourth-order valence-electron chi connectivity index (χ4n) is 2.54. The lowest BCUT2D eigenvalue weighted by atomic mass is 10.2. The third kappa shape index (κ3) is 4.18. The van der Waals surface area contributed by atoms with E-state index < -0.39 is 6.10 Å². The zero-order valence-electron chi connectivity index (χ0n) is 11.7. The molecule has 0 radical (unpaired) electrons. The molecule has 1 fully saturated rings. The summed E-state index contributed by atoms with van der Waals surface area (Å²) < 4.78 is 5.47. The van der Waals surface area contributed by atoms with Crippen molar-refractivity contribution in [1.29, 1.82) is 5.26 Å². The van der Waals surface area contributed by atoms with Crippen molar-refractivity contribution in [2.45, 2.75) is 25.0 Å². The molecule has 2 rings (SSSR count). The summed E-state index contributed by atoms with van der Waals surface area (Å²) in [5, 5.41) is 18.8. The number of nitrogens with zero attached hydrogens (tertiary/aromatic N) is 2. The zero-order valence-corrected chi connectivity index (χ0v) is 11.7. The van der Waals surface area contributed by atoms with Gasteiger partial charge in [-0.2, -0.15) is 5.26 Å². The summed E-state index contributed by atoms with van der Waals surface area (Å²) in [6.07, 6.45) is 0.939. The minimum Gasteiger partial charge on any atom is -0.491 e. The van der Waals surface area contributed by atoms with Crippen LogP contribution in [0.2, 0.25) is 0 Å². The Bertz CT molecular complexity index is 541. The van der Waals surface area contributed by atoms with Crippen LogP contribution in [0.25, 0.3) is 0 Å². The van der Waals surface area contributed by atoms with Gasteiger partial charge in [-0.25, -0.2) is 0 Å². The second-order valence-corrected chi connectivity index (χ2v) is 5.16. The average molecular weight is 289 g/mol. The lowest BCUT2D eigenvalue weighted by molar-refractivity contribution is -0.122. The number of amides is 1. The van der Waals surface area contributed by atoms with Crippen molar-refractivity contribution < 1.29 is 14.6 Å². The van der Waals surface area contributed by atoms with Crippen LogP contribution >= 0.6 is 0 Å². The number of nitrogens with two attached hydrogens (primary N) is 1. The quantitative estimate of drug-likeness (QED) is 0.782. The number of benzene rings is 1. The molecule has 6 heteroatoms. The van der Waals surface area contributed by atoms with Crippen LogP contribution in [0.3, 0.4) is 0 Å². The van der Waals surface area contributed by atoms with Crippen molar-refractivity contribution in [3.63, 3.8) is 0 Å². The van der Waals surface area contributed by atoms with Gasteiger partial charge < -0.3 is 15.6 Å². The first-order chi connectivity index (χ1) is 10.1. The molecule has 1 saturated heterocycles. The van der Waals surface area contributed by atoms with E-state index in [0.717, 1.165) is 19.4 Å². The van der Waals surface area contributed by atoms with Gasteiger partial charge in [-0.3, -0.25) is 9.69 Å². The number of β-amino-alcohol motifs (C(OH)–C–C–N with tert-alkyl or cyclic N) is 1. The number of aliphatic hydroxyl groups is 1. The van der Waals surface area contributed by atoms with E-state index in [1.165, 1.54) is 0 Å². The summed E-state index contributed by atoms with van der Waals surface area (Å²) in [5.74, 6) is 0.198. The number of carbonyl (C=O) groups excluding carboxylic acids is 1. The molecule has 112 valence electrons. The lowest BCUT2D eigenvalue weighted by Gasteiger charge is -2.24. The van der Waals surface area contributed by atoms with Crippen LogP contribution in [0.15, 0.2) is 24.3 Å². The maximum Gasteiger partial charge on any atom is 0.234 e. The van der Waals surface area contributed by atoms with Crippen LogP contribution in [0.4, 0.5) is 0 Å². The smallest absolute Gasteiger partial charge is 0.234 e. The highest BCUT2D eigenvalue weighted by Gasteiger charge is 2.30. The summed E-state index contributed by atoms with van der Waals surface area (Å²) in [5.41, 5.74) is 5.85. The molecule has 0 bridgehead atoms. The van der Waals surface area contributed by atoms with E-state index in [0.29, 0.717) is 17.9 Å². The van der Waals surface area contributed by atoms with Crippen LogP contribution in [-0.4, -0.2) is 47.8 Å². The normalized spacial score (nSPS) is 19.9. The minimum absolute atomic E-state index is 0.108. The topological polar surface area (TPSA) is 99.6 Å². The van der Waals surface area contributed by atoms with Crippen LogP contribution in [-0.2, 0) is 4.79 Å². The average Bonchev–Trinajstić information content (AvgIpc) is 2.93. The Hall–Kier alpha value is -2.10. The number of carbonyl (C=O) groups is 1. The Morgan fingerprint density at radius 1 is 1.62 bits per heavy atom. The van der Waals surface area contributed by atoms with Gasteiger partial charge in [0, 0.05) is 6.54 Å². The van der Waals surface area contributed by atoms with E-state index in [9.17, 15) is 9.90 Å². The van der Waals surface area contributed by atoms with Gasteiger partial charge in [0.05, 0.1) is 17.7 Å². The van der Waals surface area contributed by atoms with Crippen LogP contribution < -0.4 is 10.5 Å². The second-order valence-electron chi connectivity index (χ2n) is 5.16. The third-order valence-electron chi connectivity index (χ3n) is 3.54. The number of hydrogen-bond donors (Lipinski definition) is 2. The summed E-state index contributed by atoms with van der Waals surface area (Å²) in [7, 11) is 0. The molecule has 1 aromatic carbocycles. The molecule has 0 spiro atoms. The van der Waals surface area contributed by atoms with E-state index in [1.54, 1.807) is 24.3 Å². The fraction of sp³-hybridized carbons (Fsp3) is 0.467. The van der Waals surface area contributed by atoms with E-state index in [4.69, 9.17) is 15.7 Å². The van der Waals surface area contributed by atoms with E-state index in [1.807, 2.05) is 11.0 Å². The minimum atomic E-state index is -0.712. The summed E-state index contributed by atoms with van der Waals surface area (Å²) in [4.78, 5) is 13.2. The third-order valence-corrected chi connectivity index (χ3v) is 3.54. The molecule has 1 aromatic rings. The molecule has 0 aromatic heterocycles. The van der Waals surface area contributed by atoms with Crippen LogP contribution in [0.5, 0.6) is 5.75 Å². The lowest BCUT2D eigenvalue weighted by Crippen LogP contribution is -2.44. The number of hydrogen-bond acceptors (Lipinski definition) is 5. The highest BCUT2D eigenvalue weighted by Crippen LogP contribution is 2.17. The van der Waals surface area contributed by atoms with Crippen molar-refractivity contribution in [3.05, 3.63) is 29.8 Å². The number of aliphatic hydroxyl groups excluding tert-OH is 1. The molecule has 2 unspecified atom stereocenters. The molecule has 1 aliphatic heterocycles. The van der Waals surface area contributed by atoms with Crippen molar-refractivity contribution >= 4 is 5.91 Å². The van der Waals surface area contributed by atoms with E-state index >= 15 is 0 Å². The van der Waals surface area contributed by atoms with Gasteiger partial charge in [0.1, 0.15) is 18.5 Å². The molecule has 6 nitrogen and oxygen atoms in total. The molecule has 1 heterocycles. The number of primary amides is 1. The molecule has 0 saturated carbocycles. The zero-order chi connectivity index (χ0) is 15.2.